The van der Waals surface area contributed by atoms with Crippen LogP contribution >= 0.6 is 0 Å². The lowest BCUT2D eigenvalue weighted by molar-refractivity contribution is 0.475. The molecule has 1 N–H and O–H groups in total. The van der Waals surface area contributed by atoms with Crippen molar-refractivity contribution in [3.63, 3.8) is 0 Å². The van der Waals surface area contributed by atoms with E-state index in [1.54, 1.807) is 0 Å². The Balaban J connectivity index is 2.11. The fourth-order valence-corrected chi connectivity index (χ4v) is 2.41. The predicted molar refractivity (Wildman–Crippen MR) is 57.0 cm³/mol. The lowest BCUT2D eigenvalue weighted by Gasteiger charge is -2.15. The molecule has 1 aliphatic carbocycles. The Hall–Kier alpha value is -0.830. The lowest BCUT2D eigenvalue weighted by atomic mass is 10.1. The molecule has 2 rings (SSSR count). The van der Waals surface area contributed by atoms with Crippen LogP contribution in [0.5, 0.6) is 0 Å². The summed E-state index contributed by atoms with van der Waals surface area (Å²) in [6, 6.07) is 0.691. The van der Waals surface area contributed by atoms with E-state index < -0.39 is 0 Å². The summed E-state index contributed by atoms with van der Waals surface area (Å²) in [7, 11) is 1.98. The van der Waals surface area contributed by atoms with Crippen LogP contribution in [0.3, 0.4) is 0 Å². The summed E-state index contributed by atoms with van der Waals surface area (Å²) in [5.74, 6) is 0.879. The SMILES string of the molecule is CNCc1cncn1C1CCC(C)C1. The standard InChI is InChI=1S/C11H19N3/c1-9-3-4-10(5-9)14-8-13-7-11(14)6-12-2/h7-10,12H,3-6H2,1-2H3. The maximum absolute atomic E-state index is 4.23. The number of aromatic nitrogens is 2. The molecule has 2 atom stereocenters. The number of nitrogens with one attached hydrogen (secondary N) is 1. The first-order valence-electron chi connectivity index (χ1n) is 5.46. The molecule has 1 aromatic heterocycles. The van der Waals surface area contributed by atoms with Crippen LogP contribution in [0.15, 0.2) is 12.5 Å². The van der Waals surface area contributed by atoms with Crippen molar-refractivity contribution in [2.45, 2.75) is 38.8 Å². The molecule has 0 aromatic carbocycles. The molecule has 1 fully saturated rings. The van der Waals surface area contributed by atoms with Crippen LogP contribution in [0.4, 0.5) is 0 Å². The summed E-state index contributed by atoms with van der Waals surface area (Å²) >= 11 is 0. The minimum atomic E-state index is 0.691. The van der Waals surface area contributed by atoms with Gasteiger partial charge in [-0.2, -0.15) is 0 Å². The van der Waals surface area contributed by atoms with Crippen molar-refractivity contribution in [2.24, 2.45) is 5.92 Å². The van der Waals surface area contributed by atoms with E-state index in [0.717, 1.165) is 12.5 Å². The van der Waals surface area contributed by atoms with Crippen LogP contribution < -0.4 is 5.32 Å². The monoisotopic (exact) mass is 193 g/mol. The largest absolute Gasteiger partial charge is 0.330 e. The van der Waals surface area contributed by atoms with Gasteiger partial charge in [0, 0.05) is 18.8 Å². The maximum Gasteiger partial charge on any atom is 0.0951 e. The Morgan fingerprint density at radius 2 is 2.43 bits per heavy atom. The fourth-order valence-electron chi connectivity index (χ4n) is 2.41. The Bertz CT molecular complexity index is 292. The average Bonchev–Trinajstić information content (AvgIpc) is 2.74. The molecule has 1 saturated carbocycles. The quantitative estimate of drug-likeness (QED) is 0.795. The Morgan fingerprint density at radius 3 is 3.07 bits per heavy atom. The molecular formula is C11H19N3. The van der Waals surface area contributed by atoms with Gasteiger partial charge in [0.15, 0.2) is 0 Å². The molecule has 78 valence electrons. The summed E-state index contributed by atoms with van der Waals surface area (Å²) < 4.78 is 2.35. The van der Waals surface area contributed by atoms with Crippen LogP contribution in [-0.4, -0.2) is 16.6 Å². The van der Waals surface area contributed by atoms with Gasteiger partial charge in [-0.1, -0.05) is 6.92 Å². The van der Waals surface area contributed by atoms with Crippen molar-refractivity contribution >= 4 is 0 Å². The normalized spacial score (nSPS) is 27.0. The zero-order valence-electron chi connectivity index (χ0n) is 9.03. The zero-order chi connectivity index (χ0) is 9.97. The molecule has 3 heteroatoms. The van der Waals surface area contributed by atoms with Crippen molar-refractivity contribution in [1.82, 2.24) is 14.9 Å². The summed E-state index contributed by atoms with van der Waals surface area (Å²) in [6.07, 6.45) is 7.94. The van der Waals surface area contributed by atoms with E-state index >= 15 is 0 Å². The van der Waals surface area contributed by atoms with E-state index in [-0.39, 0.29) is 0 Å². The molecule has 0 radical (unpaired) electrons. The molecule has 0 aliphatic heterocycles. The van der Waals surface area contributed by atoms with E-state index in [1.165, 1.54) is 25.0 Å². The van der Waals surface area contributed by atoms with Crippen molar-refractivity contribution < 1.29 is 0 Å². The van der Waals surface area contributed by atoms with Crippen molar-refractivity contribution in [3.8, 4) is 0 Å². The second kappa shape index (κ2) is 4.13. The molecule has 0 spiro atoms. The van der Waals surface area contributed by atoms with E-state index in [4.69, 9.17) is 0 Å². The first-order chi connectivity index (χ1) is 6.81. The van der Waals surface area contributed by atoms with Crippen molar-refractivity contribution in [3.05, 3.63) is 18.2 Å². The maximum atomic E-state index is 4.23. The number of hydrogen-bond acceptors (Lipinski definition) is 2. The Kier molecular flexibility index (Phi) is 2.87. The van der Waals surface area contributed by atoms with Gasteiger partial charge in [0.25, 0.3) is 0 Å². The highest BCUT2D eigenvalue weighted by Crippen LogP contribution is 2.34. The molecule has 0 saturated heterocycles. The number of hydrogen-bond donors (Lipinski definition) is 1. The van der Waals surface area contributed by atoms with Crippen molar-refractivity contribution in [2.75, 3.05) is 7.05 Å². The third kappa shape index (κ3) is 1.82. The fraction of sp³-hybridized carbons (Fsp3) is 0.727. The van der Waals surface area contributed by atoms with Crippen molar-refractivity contribution in [1.29, 1.82) is 0 Å². The van der Waals surface area contributed by atoms with Gasteiger partial charge in [0.1, 0.15) is 0 Å². The first kappa shape index (κ1) is 9.71. The summed E-state index contributed by atoms with van der Waals surface area (Å²) in [5, 5.41) is 3.18. The molecular weight excluding hydrogens is 174 g/mol. The molecule has 1 heterocycles. The second-order valence-corrected chi connectivity index (χ2v) is 4.39. The molecule has 14 heavy (non-hydrogen) atoms. The van der Waals surface area contributed by atoms with Gasteiger partial charge in [-0.3, -0.25) is 0 Å². The molecule has 0 amide bonds. The average molecular weight is 193 g/mol. The van der Waals surface area contributed by atoms with Crippen LogP contribution in [-0.2, 0) is 6.54 Å². The first-order valence-corrected chi connectivity index (χ1v) is 5.46. The molecule has 3 nitrogen and oxygen atoms in total. The van der Waals surface area contributed by atoms with Gasteiger partial charge in [-0.15, -0.1) is 0 Å². The summed E-state index contributed by atoms with van der Waals surface area (Å²) in [5.41, 5.74) is 1.31. The second-order valence-electron chi connectivity index (χ2n) is 4.39. The Labute approximate surface area is 85.5 Å². The molecule has 2 unspecified atom stereocenters. The zero-order valence-corrected chi connectivity index (χ0v) is 9.03. The van der Waals surface area contributed by atoms with Gasteiger partial charge in [-0.05, 0) is 32.2 Å². The number of nitrogens with zero attached hydrogens (tertiary/aromatic N) is 2. The van der Waals surface area contributed by atoms with Crippen LogP contribution in [0.25, 0.3) is 0 Å². The molecule has 1 aromatic rings. The van der Waals surface area contributed by atoms with E-state index in [1.807, 2.05) is 19.6 Å². The van der Waals surface area contributed by atoms with E-state index in [2.05, 4.69) is 21.8 Å². The van der Waals surface area contributed by atoms with Crippen LogP contribution in [0.2, 0.25) is 0 Å². The van der Waals surface area contributed by atoms with Gasteiger partial charge >= 0.3 is 0 Å². The predicted octanol–water partition coefficient (Wildman–Crippen LogP) is 1.96. The van der Waals surface area contributed by atoms with Crippen LogP contribution in [0.1, 0.15) is 37.9 Å². The minimum Gasteiger partial charge on any atom is -0.330 e. The smallest absolute Gasteiger partial charge is 0.0951 e. The topological polar surface area (TPSA) is 29.9 Å². The summed E-state index contributed by atoms with van der Waals surface area (Å²) in [6.45, 7) is 3.26. The van der Waals surface area contributed by atoms with Gasteiger partial charge in [-0.25, -0.2) is 4.98 Å². The highest BCUT2D eigenvalue weighted by molar-refractivity contribution is 5.01. The molecule has 1 aliphatic rings. The molecule has 0 bridgehead atoms. The lowest BCUT2D eigenvalue weighted by Crippen LogP contribution is -2.13. The highest BCUT2D eigenvalue weighted by atomic mass is 15.1. The number of rotatable bonds is 3. The van der Waals surface area contributed by atoms with E-state index in [9.17, 15) is 0 Å². The highest BCUT2D eigenvalue weighted by Gasteiger charge is 2.23. The van der Waals surface area contributed by atoms with Gasteiger partial charge < -0.3 is 9.88 Å². The third-order valence-electron chi connectivity index (χ3n) is 3.16. The number of imidazole rings is 1. The van der Waals surface area contributed by atoms with Gasteiger partial charge in [0.05, 0.1) is 12.0 Å². The Morgan fingerprint density at radius 1 is 1.57 bits per heavy atom. The van der Waals surface area contributed by atoms with E-state index in [0.29, 0.717) is 6.04 Å². The minimum absolute atomic E-state index is 0.691. The third-order valence-corrected chi connectivity index (χ3v) is 3.16. The summed E-state index contributed by atoms with van der Waals surface area (Å²) in [4.78, 5) is 4.23. The van der Waals surface area contributed by atoms with Crippen LogP contribution in [0, 0.1) is 5.92 Å². The van der Waals surface area contributed by atoms with Gasteiger partial charge in [0.2, 0.25) is 0 Å².